The summed E-state index contributed by atoms with van der Waals surface area (Å²) in [6.07, 6.45) is -2.95. The monoisotopic (exact) mass is 517 g/mol. The number of fused-ring (bicyclic) bond motifs is 2. The first-order valence-corrected chi connectivity index (χ1v) is 12.4. The molecule has 0 bridgehead atoms. The first kappa shape index (κ1) is 25.6. The van der Waals surface area contributed by atoms with Gasteiger partial charge in [0.25, 0.3) is 0 Å². The van der Waals surface area contributed by atoms with Crippen LogP contribution < -0.4 is 9.47 Å². The van der Waals surface area contributed by atoms with E-state index in [4.69, 9.17) is 0 Å². The highest BCUT2D eigenvalue weighted by molar-refractivity contribution is 5.95. The van der Waals surface area contributed by atoms with Crippen LogP contribution in [0.2, 0.25) is 0 Å². The minimum absolute atomic E-state index is 0.0900. The van der Waals surface area contributed by atoms with Crippen molar-refractivity contribution in [3.8, 4) is 11.5 Å². The molecule has 2 aromatic carbocycles. The number of aliphatic hydroxyl groups excluding tert-OH is 2. The normalized spacial score (nSPS) is 18.3. The number of alkyl halides is 2. The molecule has 1 aromatic heterocycles. The van der Waals surface area contributed by atoms with Gasteiger partial charge in [0.1, 0.15) is 11.6 Å². The van der Waals surface area contributed by atoms with Crippen LogP contribution in [0, 0.1) is 5.82 Å². The van der Waals surface area contributed by atoms with E-state index in [-0.39, 0.29) is 42.4 Å². The van der Waals surface area contributed by atoms with Crippen LogP contribution in [-0.4, -0.2) is 39.6 Å². The van der Waals surface area contributed by atoms with Crippen LogP contribution in [0.15, 0.2) is 36.4 Å². The lowest BCUT2D eigenvalue weighted by atomic mass is 9.87. The molecule has 37 heavy (non-hydrogen) atoms. The Bertz CT molecular complexity index is 1380. The largest absolute Gasteiger partial charge is 0.586 e. The van der Waals surface area contributed by atoms with Crippen LogP contribution in [0.3, 0.4) is 0 Å². The number of hydrogen-bond acceptors (Lipinski definition) is 5. The first-order valence-electron chi connectivity index (χ1n) is 12.4. The summed E-state index contributed by atoms with van der Waals surface area (Å²) in [6.45, 7) is 5.72. The fourth-order valence-corrected chi connectivity index (χ4v) is 5.09. The fourth-order valence-electron chi connectivity index (χ4n) is 5.09. The third-order valence-electron chi connectivity index (χ3n) is 7.61. The molecule has 0 unspecified atom stereocenters. The maximum absolute atomic E-state index is 15.3. The van der Waals surface area contributed by atoms with Crippen LogP contribution in [0.1, 0.15) is 56.9 Å². The quantitative estimate of drug-likeness (QED) is 0.418. The van der Waals surface area contributed by atoms with Crippen LogP contribution in [0.4, 0.5) is 13.2 Å². The Hall–Kier alpha value is -3.04. The molecule has 2 aliphatic rings. The van der Waals surface area contributed by atoms with E-state index < -0.39 is 29.0 Å². The highest BCUT2D eigenvalue weighted by Crippen LogP contribution is 2.52. The Morgan fingerprint density at radius 2 is 1.84 bits per heavy atom. The number of carbonyl (C=O) groups is 1. The minimum Gasteiger partial charge on any atom is -0.395 e. The maximum atomic E-state index is 15.3. The lowest BCUT2D eigenvalue weighted by Gasteiger charge is -2.25. The van der Waals surface area contributed by atoms with Gasteiger partial charge >= 0.3 is 6.29 Å². The minimum atomic E-state index is -3.74. The number of nitrogens with zero attached hydrogens (tertiary/aromatic N) is 1. The Morgan fingerprint density at radius 1 is 1.14 bits per heavy atom. The van der Waals surface area contributed by atoms with Crippen molar-refractivity contribution >= 4 is 16.7 Å². The van der Waals surface area contributed by atoms with Crippen molar-refractivity contribution in [3.63, 3.8) is 0 Å². The summed E-state index contributed by atoms with van der Waals surface area (Å²) in [5.74, 6) is -0.953. The number of ether oxygens (including phenoxy) is 2. The number of halogens is 3. The molecule has 3 aromatic rings. The van der Waals surface area contributed by atoms with Gasteiger partial charge in [0.2, 0.25) is 0 Å². The SMILES string of the molecule is CC[C@@H](O)Cn1c(C(C)(C)CO)cc2cc(CC(=O)C3(c4ccc5c(c4)OC(F)(F)O5)CC3)c(F)cc21. The van der Waals surface area contributed by atoms with Crippen molar-refractivity contribution in [2.75, 3.05) is 6.61 Å². The number of hydrogen-bond donors (Lipinski definition) is 2. The van der Waals surface area contributed by atoms with Gasteiger partial charge in [-0.3, -0.25) is 4.79 Å². The fraction of sp³-hybridized carbons (Fsp3) is 0.464. The zero-order valence-electron chi connectivity index (χ0n) is 21.0. The average molecular weight is 518 g/mol. The van der Waals surface area contributed by atoms with Gasteiger partial charge in [-0.25, -0.2) is 4.39 Å². The summed E-state index contributed by atoms with van der Waals surface area (Å²) in [4.78, 5) is 13.4. The Morgan fingerprint density at radius 3 is 2.49 bits per heavy atom. The molecule has 9 heteroatoms. The molecular weight excluding hydrogens is 487 g/mol. The predicted octanol–water partition coefficient (Wildman–Crippen LogP) is 4.99. The number of aromatic nitrogens is 1. The second-order valence-corrected chi connectivity index (χ2v) is 10.8. The van der Waals surface area contributed by atoms with Crippen molar-refractivity contribution < 1.29 is 37.7 Å². The molecule has 5 rings (SSSR count). The molecule has 1 saturated carbocycles. The Balaban J connectivity index is 1.46. The van der Waals surface area contributed by atoms with Gasteiger partial charge in [-0.2, -0.15) is 0 Å². The molecule has 198 valence electrons. The zero-order valence-corrected chi connectivity index (χ0v) is 21.0. The molecule has 6 nitrogen and oxygen atoms in total. The van der Waals surface area contributed by atoms with Crippen molar-refractivity contribution in [2.45, 2.75) is 76.2 Å². The molecule has 2 N–H and O–H groups in total. The van der Waals surface area contributed by atoms with E-state index in [2.05, 4.69) is 9.47 Å². The van der Waals surface area contributed by atoms with E-state index in [1.165, 1.54) is 18.2 Å². The van der Waals surface area contributed by atoms with E-state index >= 15 is 4.39 Å². The average Bonchev–Trinajstić information content (AvgIpc) is 3.50. The highest BCUT2D eigenvalue weighted by Gasteiger charge is 2.52. The van der Waals surface area contributed by atoms with Gasteiger partial charge in [0.15, 0.2) is 11.5 Å². The van der Waals surface area contributed by atoms with Gasteiger partial charge in [-0.15, -0.1) is 8.78 Å². The third kappa shape index (κ3) is 4.48. The van der Waals surface area contributed by atoms with E-state index in [1.807, 2.05) is 31.4 Å². The number of benzene rings is 2. The first-order chi connectivity index (χ1) is 17.4. The molecule has 1 aliphatic heterocycles. The summed E-state index contributed by atoms with van der Waals surface area (Å²) in [5, 5.41) is 21.0. The zero-order chi connectivity index (χ0) is 26.8. The van der Waals surface area contributed by atoms with Crippen LogP contribution in [0.5, 0.6) is 11.5 Å². The van der Waals surface area contributed by atoms with Crippen LogP contribution in [0.25, 0.3) is 10.9 Å². The molecule has 0 amide bonds. The van der Waals surface area contributed by atoms with Crippen molar-refractivity contribution in [3.05, 3.63) is 59.0 Å². The van der Waals surface area contributed by atoms with Gasteiger partial charge in [-0.05, 0) is 60.7 Å². The summed E-state index contributed by atoms with van der Waals surface area (Å²) in [7, 11) is 0. The predicted molar refractivity (Wildman–Crippen MR) is 131 cm³/mol. The highest BCUT2D eigenvalue weighted by atomic mass is 19.3. The molecule has 1 atom stereocenters. The van der Waals surface area contributed by atoms with E-state index in [0.717, 1.165) is 5.69 Å². The van der Waals surface area contributed by atoms with Gasteiger partial charge < -0.3 is 24.3 Å². The van der Waals surface area contributed by atoms with Crippen molar-refractivity contribution in [1.29, 1.82) is 0 Å². The molecule has 0 radical (unpaired) electrons. The second-order valence-electron chi connectivity index (χ2n) is 10.8. The van der Waals surface area contributed by atoms with E-state index in [1.54, 1.807) is 12.1 Å². The lowest BCUT2D eigenvalue weighted by Crippen LogP contribution is -2.28. The van der Waals surface area contributed by atoms with Gasteiger partial charge in [0.05, 0.1) is 23.6 Å². The number of ketones is 1. The van der Waals surface area contributed by atoms with E-state index in [9.17, 15) is 23.8 Å². The summed E-state index contributed by atoms with van der Waals surface area (Å²) >= 11 is 0. The van der Waals surface area contributed by atoms with Crippen LogP contribution >= 0.6 is 0 Å². The number of carbonyl (C=O) groups excluding carboxylic acids is 1. The third-order valence-corrected chi connectivity index (χ3v) is 7.61. The van der Waals surface area contributed by atoms with Gasteiger partial charge in [0, 0.05) is 29.5 Å². The van der Waals surface area contributed by atoms with Crippen molar-refractivity contribution in [2.24, 2.45) is 0 Å². The lowest BCUT2D eigenvalue weighted by molar-refractivity contribution is -0.286. The number of rotatable bonds is 9. The van der Waals surface area contributed by atoms with Crippen LogP contribution in [-0.2, 0) is 28.6 Å². The molecule has 0 saturated heterocycles. The Kier molecular flexibility index (Phi) is 6.07. The molecule has 1 fully saturated rings. The van der Waals surface area contributed by atoms with Gasteiger partial charge in [-0.1, -0.05) is 26.8 Å². The maximum Gasteiger partial charge on any atom is 0.586 e. The van der Waals surface area contributed by atoms with Crippen molar-refractivity contribution in [1.82, 2.24) is 4.57 Å². The number of aliphatic hydroxyl groups is 2. The topological polar surface area (TPSA) is 80.9 Å². The standard InChI is InChI=1S/C28H30F3NO5/c1-4-19(34)14-32-21-13-20(29)16(9-17(21)10-24(32)26(2,3)15-33)11-25(35)27(7-8-27)18-5-6-22-23(12-18)37-28(30,31)36-22/h5-6,9-10,12-13,19,33-34H,4,7-8,11,14-15H2,1-3H3/t19-/m1/s1. The molecule has 1 aliphatic carbocycles. The molecular formula is C28H30F3NO5. The smallest absolute Gasteiger partial charge is 0.395 e. The molecule has 2 heterocycles. The summed E-state index contributed by atoms with van der Waals surface area (Å²) in [6, 6.07) is 9.24. The summed E-state index contributed by atoms with van der Waals surface area (Å²) < 4.78 is 53.0. The molecule has 0 spiro atoms. The Labute approximate surface area is 212 Å². The van der Waals surface area contributed by atoms with E-state index in [0.29, 0.717) is 35.7 Å². The number of Topliss-reactive ketones (excluding diaryl/α,β-unsaturated/α-hetero) is 1. The summed E-state index contributed by atoms with van der Waals surface area (Å²) in [5.41, 5.74) is 0.613. The second kappa shape index (κ2) is 8.77.